The average molecular weight is 547 g/mol. The van der Waals surface area contributed by atoms with Crippen LogP contribution in [0.25, 0.3) is 0 Å². The number of nitrogens with zero attached hydrogens (tertiary/aromatic N) is 1. The maximum absolute atomic E-state index is 6.05. The molecule has 0 aromatic heterocycles. The van der Waals surface area contributed by atoms with Crippen molar-refractivity contribution >= 4 is 29.9 Å². The highest BCUT2D eigenvalue weighted by molar-refractivity contribution is 14.0. The highest BCUT2D eigenvalue weighted by atomic mass is 127. The van der Waals surface area contributed by atoms with E-state index in [1.54, 1.807) is 0 Å². The Hall–Kier alpha value is -0.940. The molecule has 0 radical (unpaired) electrons. The molecule has 7 nitrogen and oxygen atoms in total. The summed E-state index contributed by atoms with van der Waals surface area (Å²) in [6, 6.07) is 8.65. The van der Waals surface area contributed by atoms with E-state index in [-0.39, 0.29) is 36.1 Å². The summed E-state index contributed by atoms with van der Waals surface area (Å²) >= 11 is 0. The molecule has 3 rings (SSSR count). The molecule has 8 heteroatoms. The Balaban J connectivity index is 0.00000341. The summed E-state index contributed by atoms with van der Waals surface area (Å²) in [6.07, 6.45) is 3.48. The van der Waals surface area contributed by atoms with Gasteiger partial charge in [0.1, 0.15) is 0 Å². The molecule has 31 heavy (non-hydrogen) atoms. The van der Waals surface area contributed by atoms with Crippen molar-refractivity contribution < 1.29 is 18.9 Å². The molecule has 2 aliphatic rings. The monoisotopic (exact) mass is 547 g/mol. The standard InChI is InChI=1S/C23H37N3O4.HI/c1-3-24-23(26-18(2)15-29-22-9-12-28-17-22)25-14-19-5-4-6-20(13-19)16-30-21-7-10-27-11-8-21;/h4-6,13,18,21-22H,3,7-12,14-17H2,1-2H3,(H2,24,25,26);1H. The number of guanidine groups is 1. The lowest BCUT2D eigenvalue weighted by Gasteiger charge is -2.22. The minimum atomic E-state index is 0. The van der Waals surface area contributed by atoms with E-state index in [9.17, 15) is 0 Å². The zero-order chi connectivity index (χ0) is 21.0. The molecular weight excluding hydrogens is 509 g/mol. The molecule has 0 aliphatic carbocycles. The lowest BCUT2D eigenvalue weighted by atomic mass is 10.1. The lowest BCUT2D eigenvalue weighted by molar-refractivity contribution is -0.0390. The first-order valence-electron chi connectivity index (χ1n) is 11.2. The van der Waals surface area contributed by atoms with Crippen LogP contribution in [0.4, 0.5) is 0 Å². The van der Waals surface area contributed by atoms with Gasteiger partial charge in [0, 0.05) is 32.4 Å². The summed E-state index contributed by atoms with van der Waals surface area (Å²) in [5.74, 6) is 0.806. The van der Waals surface area contributed by atoms with Gasteiger partial charge in [-0.2, -0.15) is 0 Å². The molecule has 2 aliphatic heterocycles. The second-order valence-corrected chi connectivity index (χ2v) is 8.00. The van der Waals surface area contributed by atoms with E-state index in [1.165, 1.54) is 11.1 Å². The molecule has 2 saturated heterocycles. The predicted molar refractivity (Wildman–Crippen MR) is 133 cm³/mol. The predicted octanol–water partition coefficient (Wildman–Crippen LogP) is 3.25. The Morgan fingerprint density at radius 2 is 1.84 bits per heavy atom. The third-order valence-corrected chi connectivity index (χ3v) is 5.26. The molecule has 2 fully saturated rings. The van der Waals surface area contributed by atoms with Gasteiger partial charge in [-0.1, -0.05) is 24.3 Å². The molecule has 1 aromatic rings. The number of hydrogen-bond acceptors (Lipinski definition) is 5. The SMILES string of the molecule is CCNC(=NCc1cccc(COC2CCOCC2)c1)NC(C)COC1CCOC1.I. The van der Waals surface area contributed by atoms with Crippen molar-refractivity contribution in [3.8, 4) is 0 Å². The Labute approximate surface area is 203 Å². The molecule has 2 atom stereocenters. The topological polar surface area (TPSA) is 73.3 Å². The zero-order valence-electron chi connectivity index (χ0n) is 18.8. The summed E-state index contributed by atoms with van der Waals surface area (Å²) < 4.78 is 22.7. The highest BCUT2D eigenvalue weighted by Crippen LogP contribution is 2.15. The summed E-state index contributed by atoms with van der Waals surface area (Å²) in [5, 5.41) is 6.75. The minimum absolute atomic E-state index is 0. The third kappa shape index (κ3) is 10.0. The molecular formula is C23H38IN3O4. The molecule has 176 valence electrons. The highest BCUT2D eigenvalue weighted by Gasteiger charge is 2.17. The fraction of sp³-hybridized carbons (Fsp3) is 0.696. The Morgan fingerprint density at radius 3 is 2.58 bits per heavy atom. The van der Waals surface area contributed by atoms with Gasteiger partial charge >= 0.3 is 0 Å². The maximum atomic E-state index is 6.05. The van der Waals surface area contributed by atoms with Gasteiger partial charge in [-0.3, -0.25) is 0 Å². The second-order valence-electron chi connectivity index (χ2n) is 8.00. The van der Waals surface area contributed by atoms with Gasteiger partial charge in [-0.15, -0.1) is 24.0 Å². The normalized spacial score (nSPS) is 20.8. The van der Waals surface area contributed by atoms with Gasteiger partial charge in [0.25, 0.3) is 0 Å². The first-order chi connectivity index (χ1) is 14.7. The number of hydrogen-bond donors (Lipinski definition) is 2. The Morgan fingerprint density at radius 1 is 1.10 bits per heavy atom. The molecule has 0 spiro atoms. The van der Waals surface area contributed by atoms with Crippen LogP contribution in [0.3, 0.4) is 0 Å². The van der Waals surface area contributed by atoms with Crippen LogP contribution in [0.2, 0.25) is 0 Å². The summed E-state index contributed by atoms with van der Waals surface area (Å²) in [5.41, 5.74) is 2.36. The summed E-state index contributed by atoms with van der Waals surface area (Å²) in [7, 11) is 0. The van der Waals surface area contributed by atoms with E-state index in [1.807, 2.05) is 0 Å². The van der Waals surface area contributed by atoms with Crippen LogP contribution < -0.4 is 10.6 Å². The first-order valence-corrected chi connectivity index (χ1v) is 11.2. The van der Waals surface area contributed by atoms with Crippen molar-refractivity contribution in [2.24, 2.45) is 4.99 Å². The zero-order valence-corrected chi connectivity index (χ0v) is 21.1. The fourth-order valence-electron chi connectivity index (χ4n) is 3.56. The fourth-order valence-corrected chi connectivity index (χ4v) is 3.56. The number of aliphatic imine (C=N–C) groups is 1. The average Bonchev–Trinajstić information content (AvgIpc) is 3.30. The van der Waals surface area contributed by atoms with Gasteiger partial charge in [-0.25, -0.2) is 4.99 Å². The smallest absolute Gasteiger partial charge is 0.191 e. The summed E-state index contributed by atoms with van der Waals surface area (Å²) in [6.45, 7) is 10.00. The van der Waals surface area contributed by atoms with Gasteiger partial charge in [0.15, 0.2) is 5.96 Å². The van der Waals surface area contributed by atoms with Crippen LogP contribution in [0.15, 0.2) is 29.3 Å². The van der Waals surface area contributed by atoms with E-state index in [0.29, 0.717) is 32.5 Å². The first kappa shape index (κ1) is 26.3. The van der Waals surface area contributed by atoms with Crippen molar-refractivity contribution in [1.82, 2.24) is 10.6 Å². The van der Waals surface area contributed by atoms with Crippen molar-refractivity contribution in [1.29, 1.82) is 0 Å². The van der Waals surface area contributed by atoms with Crippen LogP contribution in [0, 0.1) is 0 Å². The van der Waals surface area contributed by atoms with Gasteiger partial charge in [0.2, 0.25) is 0 Å². The van der Waals surface area contributed by atoms with Gasteiger partial charge in [0.05, 0.1) is 38.6 Å². The number of halogens is 1. The molecule has 0 bridgehead atoms. The van der Waals surface area contributed by atoms with Crippen LogP contribution in [0.1, 0.15) is 44.2 Å². The molecule has 2 heterocycles. The quantitative estimate of drug-likeness (QED) is 0.266. The largest absolute Gasteiger partial charge is 0.381 e. The van der Waals surface area contributed by atoms with Crippen molar-refractivity contribution in [3.05, 3.63) is 35.4 Å². The molecule has 2 unspecified atom stereocenters. The van der Waals surface area contributed by atoms with Crippen molar-refractivity contribution in [3.63, 3.8) is 0 Å². The number of nitrogens with one attached hydrogen (secondary N) is 2. The molecule has 0 amide bonds. The van der Waals surface area contributed by atoms with Crippen molar-refractivity contribution in [2.45, 2.75) is 64.5 Å². The van der Waals surface area contributed by atoms with E-state index >= 15 is 0 Å². The summed E-state index contributed by atoms with van der Waals surface area (Å²) in [4.78, 5) is 4.75. The maximum Gasteiger partial charge on any atom is 0.191 e. The lowest BCUT2D eigenvalue weighted by Crippen LogP contribution is -2.44. The molecule has 0 saturated carbocycles. The van der Waals surface area contributed by atoms with Crippen LogP contribution >= 0.6 is 24.0 Å². The number of ether oxygens (including phenoxy) is 4. The van der Waals surface area contributed by atoms with Gasteiger partial charge in [-0.05, 0) is 44.2 Å². The Kier molecular flexibility index (Phi) is 12.7. The number of benzene rings is 1. The third-order valence-electron chi connectivity index (χ3n) is 5.26. The van der Waals surface area contributed by atoms with Gasteiger partial charge < -0.3 is 29.6 Å². The van der Waals surface area contributed by atoms with E-state index in [0.717, 1.165) is 51.6 Å². The molecule has 1 aromatic carbocycles. The van der Waals surface area contributed by atoms with E-state index in [2.05, 4.69) is 48.7 Å². The van der Waals surface area contributed by atoms with Crippen LogP contribution in [0.5, 0.6) is 0 Å². The number of rotatable bonds is 10. The van der Waals surface area contributed by atoms with E-state index < -0.39 is 0 Å². The Bertz CT molecular complexity index is 649. The van der Waals surface area contributed by atoms with Crippen LogP contribution in [-0.4, -0.2) is 63.8 Å². The van der Waals surface area contributed by atoms with Crippen molar-refractivity contribution in [2.75, 3.05) is 39.6 Å². The molecule has 2 N–H and O–H groups in total. The van der Waals surface area contributed by atoms with E-state index in [4.69, 9.17) is 23.9 Å². The van der Waals surface area contributed by atoms with Crippen LogP contribution in [-0.2, 0) is 32.1 Å². The minimum Gasteiger partial charge on any atom is -0.381 e. The second kappa shape index (κ2) is 15.0.